The summed E-state index contributed by atoms with van der Waals surface area (Å²) in [5.74, 6) is -0.305. The van der Waals surface area contributed by atoms with Crippen LogP contribution in [0.1, 0.15) is 42.1 Å². The lowest BCUT2D eigenvalue weighted by atomic mass is 10.0. The molecular weight excluding hydrogens is 290 g/mol. The van der Waals surface area contributed by atoms with Gasteiger partial charge >= 0.3 is 0 Å². The van der Waals surface area contributed by atoms with Crippen LogP contribution in [0, 0.1) is 6.92 Å². The fourth-order valence-corrected chi connectivity index (χ4v) is 3.10. The molecule has 2 rings (SSSR count). The number of nitrogens with one attached hydrogen (secondary N) is 3. The first kappa shape index (κ1) is 17.5. The lowest BCUT2D eigenvalue weighted by Crippen LogP contribution is -3.13. The van der Waals surface area contributed by atoms with Crippen molar-refractivity contribution in [2.24, 2.45) is 0 Å². The maximum absolute atomic E-state index is 12.0. The number of hydrogen-bond donors (Lipinski definition) is 3. The first-order chi connectivity index (χ1) is 11.1. The number of piperidine rings is 1. The second kappa shape index (κ2) is 8.67. The monoisotopic (exact) mass is 318 g/mol. The van der Waals surface area contributed by atoms with Gasteiger partial charge in [0.25, 0.3) is 5.91 Å². The molecule has 0 unspecified atom stereocenters. The van der Waals surface area contributed by atoms with Gasteiger partial charge in [0, 0.05) is 24.4 Å². The Morgan fingerprint density at radius 3 is 2.65 bits per heavy atom. The average molecular weight is 318 g/mol. The minimum atomic E-state index is -0.203. The van der Waals surface area contributed by atoms with E-state index in [-0.39, 0.29) is 24.4 Å². The fourth-order valence-electron chi connectivity index (χ4n) is 3.10. The first-order valence-electron chi connectivity index (χ1n) is 8.56. The number of hydrogen-bond acceptors (Lipinski definition) is 2. The van der Waals surface area contributed by atoms with Crippen LogP contribution in [0.4, 0.5) is 0 Å². The summed E-state index contributed by atoms with van der Waals surface area (Å²) in [7, 11) is 0. The van der Waals surface area contributed by atoms with E-state index in [1.165, 1.54) is 13.0 Å². The van der Waals surface area contributed by atoms with Gasteiger partial charge in [-0.25, -0.2) is 0 Å². The summed E-state index contributed by atoms with van der Waals surface area (Å²) in [6.07, 6.45) is 3.25. The van der Waals surface area contributed by atoms with Crippen LogP contribution in [0.15, 0.2) is 24.3 Å². The first-order valence-corrected chi connectivity index (χ1v) is 8.56. The van der Waals surface area contributed by atoms with E-state index >= 15 is 0 Å². The van der Waals surface area contributed by atoms with E-state index in [0.717, 1.165) is 31.5 Å². The van der Waals surface area contributed by atoms with Crippen LogP contribution in [0.5, 0.6) is 0 Å². The lowest BCUT2D eigenvalue weighted by molar-refractivity contribution is -0.905. The van der Waals surface area contributed by atoms with Gasteiger partial charge < -0.3 is 15.5 Å². The highest BCUT2D eigenvalue weighted by Crippen LogP contribution is 2.03. The predicted molar refractivity (Wildman–Crippen MR) is 90.5 cm³/mol. The Labute approximate surface area is 138 Å². The van der Waals surface area contributed by atoms with Crippen molar-refractivity contribution in [3.63, 3.8) is 0 Å². The molecule has 1 aromatic rings. The molecular formula is C18H28N3O2+. The zero-order valence-corrected chi connectivity index (χ0v) is 14.2. The Hall–Kier alpha value is -1.88. The largest absolute Gasteiger partial charge is 0.351 e. The molecule has 0 atom stereocenters. The Morgan fingerprint density at radius 2 is 2.00 bits per heavy atom. The van der Waals surface area contributed by atoms with E-state index in [9.17, 15) is 9.59 Å². The van der Waals surface area contributed by atoms with Crippen LogP contribution in [-0.4, -0.2) is 44.0 Å². The molecule has 126 valence electrons. The number of quaternary nitrogens is 1. The molecule has 1 aliphatic rings. The van der Waals surface area contributed by atoms with Gasteiger partial charge in [0.15, 0.2) is 0 Å². The molecule has 0 bridgehead atoms. The standard InChI is InChI=1S/C18H27N3O2/c1-3-9-21-10-7-16(8-11-21)20-17(22)13-19-18(23)15-6-4-5-14(2)12-15/h4-6,12,16H,3,7-11,13H2,1-2H3,(H,19,23)(H,20,22)/p+1. The van der Waals surface area contributed by atoms with Gasteiger partial charge in [0.1, 0.15) is 0 Å². The summed E-state index contributed by atoms with van der Waals surface area (Å²) in [5, 5.41) is 5.72. The number of carbonyl (C=O) groups excluding carboxylic acids is 2. The molecule has 0 radical (unpaired) electrons. The normalized spacial score (nSPS) is 20.8. The lowest BCUT2D eigenvalue weighted by Gasteiger charge is -2.29. The van der Waals surface area contributed by atoms with Crippen molar-refractivity contribution in [2.45, 2.75) is 39.2 Å². The molecule has 5 nitrogen and oxygen atoms in total. The van der Waals surface area contributed by atoms with Gasteiger partial charge in [-0.05, 0) is 25.5 Å². The van der Waals surface area contributed by atoms with Crippen LogP contribution in [0.25, 0.3) is 0 Å². The van der Waals surface area contributed by atoms with E-state index in [4.69, 9.17) is 0 Å². The maximum atomic E-state index is 12.0. The molecule has 1 aliphatic heterocycles. The van der Waals surface area contributed by atoms with E-state index in [1.54, 1.807) is 11.0 Å². The molecule has 3 N–H and O–H groups in total. The van der Waals surface area contributed by atoms with Crippen molar-refractivity contribution in [1.82, 2.24) is 10.6 Å². The number of amides is 2. The van der Waals surface area contributed by atoms with E-state index in [0.29, 0.717) is 5.56 Å². The van der Waals surface area contributed by atoms with Crippen molar-refractivity contribution in [3.05, 3.63) is 35.4 Å². The van der Waals surface area contributed by atoms with Crippen molar-refractivity contribution in [2.75, 3.05) is 26.2 Å². The molecule has 0 saturated carbocycles. The minimum absolute atomic E-state index is 0.0365. The van der Waals surface area contributed by atoms with Gasteiger partial charge in [0.05, 0.1) is 26.2 Å². The molecule has 23 heavy (non-hydrogen) atoms. The number of likely N-dealkylation sites (tertiary alicyclic amines) is 1. The van der Waals surface area contributed by atoms with E-state index < -0.39 is 0 Å². The summed E-state index contributed by atoms with van der Waals surface area (Å²) in [6.45, 7) is 7.64. The van der Waals surface area contributed by atoms with Gasteiger partial charge in [-0.3, -0.25) is 9.59 Å². The van der Waals surface area contributed by atoms with E-state index in [1.807, 2.05) is 25.1 Å². The van der Waals surface area contributed by atoms with Crippen molar-refractivity contribution >= 4 is 11.8 Å². The highest BCUT2D eigenvalue weighted by molar-refractivity contribution is 5.96. The Balaban J connectivity index is 1.70. The Bertz CT molecular complexity index is 537. The summed E-state index contributed by atoms with van der Waals surface area (Å²) in [5.41, 5.74) is 1.62. The molecule has 1 fully saturated rings. The smallest absolute Gasteiger partial charge is 0.251 e. The van der Waals surface area contributed by atoms with Crippen molar-refractivity contribution in [1.29, 1.82) is 0 Å². The zero-order chi connectivity index (χ0) is 16.7. The maximum Gasteiger partial charge on any atom is 0.251 e. The number of aryl methyl sites for hydroxylation is 1. The molecule has 1 heterocycles. The van der Waals surface area contributed by atoms with Gasteiger partial charge in [-0.1, -0.05) is 24.6 Å². The third-order valence-corrected chi connectivity index (χ3v) is 4.35. The Kier molecular flexibility index (Phi) is 6.59. The van der Waals surface area contributed by atoms with Crippen LogP contribution in [0.2, 0.25) is 0 Å². The van der Waals surface area contributed by atoms with Crippen LogP contribution in [-0.2, 0) is 4.79 Å². The molecule has 0 spiro atoms. The Morgan fingerprint density at radius 1 is 1.26 bits per heavy atom. The summed E-state index contributed by atoms with van der Waals surface area (Å²) >= 11 is 0. The molecule has 1 saturated heterocycles. The third-order valence-electron chi connectivity index (χ3n) is 4.35. The second-order valence-corrected chi connectivity index (χ2v) is 6.39. The SMILES string of the molecule is CCC[NH+]1CCC(NC(=O)CNC(=O)c2cccc(C)c2)CC1. The quantitative estimate of drug-likeness (QED) is 0.706. The minimum Gasteiger partial charge on any atom is -0.351 e. The topological polar surface area (TPSA) is 62.6 Å². The van der Waals surface area contributed by atoms with Crippen molar-refractivity contribution in [3.8, 4) is 0 Å². The summed E-state index contributed by atoms with van der Waals surface area (Å²) in [6, 6.07) is 7.61. The number of benzene rings is 1. The molecule has 5 heteroatoms. The number of carbonyl (C=O) groups is 2. The number of rotatable bonds is 6. The van der Waals surface area contributed by atoms with Crippen LogP contribution < -0.4 is 15.5 Å². The highest BCUT2D eigenvalue weighted by atomic mass is 16.2. The second-order valence-electron chi connectivity index (χ2n) is 6.39. The third kappa shape index (κ3) is 5.67. The van der Waals surface area contributed by atoms with Gasteiger partial charge in [-0.2, -0.15) is 0 Å². The predicted octanol–water partition coefficient (Wildman–Crippen LogP) is 0.298. The highest BCUT2D eigenvalue weighted by Gasteiger charge is 2.22. The van der Waals surface area contributed by atoms with Crippen molar-refractivity contribution < 1.29 is 14.5 Å². The average Bonchev–Trinajstić information content (AvgIpc) is 2.55. The van der Waals surface area contributed by atoms with Gasteiger partial charge in [0.2, 0.25) is 5.91 Å². The fraction of sp³-hybridized carbons (Fsp3) is 0.556. The van der Waals surface area contributed by atoms with Crippen LogP contribution in [0.3, 0.4) is 0 Å². The summed E-state index contributed by atoms with van der Waals surface area (Å²) in [4.78, 5) is 25.6. The molecule has 1 aromatic carbocycles. The van der Waals surface area contributed by atoms with E-state index in [2.05, 4.69) is 17.6 Å². The molecule has 0 aromatic heterocycles. The summed E-state index contributed by atoms with van der Waals surface area (Å²) < 4.78 is 0. The van der Waals surface area contributed by atoms with Gasteiger partial charge in [-0.15, -0.1) is 0 Å². The molecule has 2 amide bonds. The molecule has 0 aliphatic carbocycles. The zero-order valence-electron chi connectivity index (χ0n) is 14.2. The van der Waals surface area contributed by atoms with Crippen LogP contribution >= 0.6 is 0 Å².